The van der Waals surface area contributed by atoms with Crippen molar-refractivity contribution in [2.75, 3.05) is 5.32 Å². The molecule has 4 heterocycles. The van der Waals surface area contributed by atoms with E-state index in [4.69, 9.17) is 20.8 Å². The molecule has 1 aliphatic rings. The van der Waals surface area contributed by atoms with E-state index in [0.717, 1.165) is 33.5 Å². The fraction of sp³-hybridized carbons (Fsp3) is 0.0435. The summed E-state index contributed by atoms with van der Waals surface area (Å²) in [5, 5.41) is 8.00. The normalized spacial score (nSPS) is 15.4. The highest BCUT2D eigenvalue weighted by molar-refractivity contribution is 5.95. The number of aliphatic imine (C=N–C) groups is 1. The van der Waals surface area contributed by atoms with Crippen LogP contribution in [0.15, 0.2) is 90.3 Å². The van der Waals surface area contributed by atoms with Crippen LogP contribution in [-0.2, 0) is 0 Å². The molecule has 1 aliphatic heterocycles. The zero-order chi connectivity index (χ0) is 20.8. The van der Waals surface area contributed by atoms with Crippen LogP contribution >= 0.6 is 0 Å². The predicted octanol–water partition coefficient (Wildman–Crippen LogP) is 3.57. The molecule has 0 bridgehead atoms. The number of imidazole rings is 1. The standard InChI is InChI=1S/C23H18N8/c24-22-27-21(31-19-9-5-4-8-18(19)26-23(31)28-22)17-14-30(16-6-2-1-3-7-16)29-20(17)15-10-12-25-13-11-15/h1-14,21H,(H3,24,26,27,28). The number of pyridine rings is 1. The van der Waals surface area contributed by atoms with Crippen LogP contribution in [0.25, 0.3) is 28.0 Å². The largest absolute Gasteiger partial charge is 0.370 e. The zero-order valence-corrected chi connectivity index (χ0v) is 16.4. The molecule has 2 aromatic carbocycles. The molecule has 1 unspecified atom stereocenters. The molecule has 0 saturated carbocycles. The lowest BCUT2D eigenvalue weighted by Crippen LogP contribution is -2.31. The highest BCUT2D eigenvalue weighted by Crippen LogP contribution is 2.37. The van der Waals surface area contributed by atoms with Gasteiger partial charge >= 0.3 is 0 Å². The van der Waals surface area contributed by atoms with Gasteiger partial charge in [-0.2, -0.15) is 5.10 Å². The van der Waals surface area contributed by atoms with E-state index in [2.05, 4.69) is 14.9 Å². The Balaban J connectivity index is 1.61. The van der Waals surface area contributed by atoms with Gasteiger partial charge in [0.1, 0.15) is 5.69 Å². The number of para-hydroxylation sites is 3. The van der Waals surface area contributed by atoms with Crippen LogP contribution in [0.4, 0.5) is 5.95 Å². The van der Waals surface area contributed by atoms with Crippen LogP contribution in [0.3, 0.4) is 0 Å². The number of aromatic nitrogens is 5. The van der Waals surface area contributed by atoms with Gasteiger partial charge in [0.2, 0.25) is 5.95 Å². The summed E-state index contributed by atoms with van der Waals surface area (Å²) in [7, 11) is 0. The van der Waals surface area contributed by atoms with Crippen molar-refractivity contribution in [3.8, 4) is 16.9 Å². The molecule has 3 aromatic heterocycles. The molecule has 0 fully saturated rings. The number of fused-ring (bicyclic) bond motifs is 3. The minimum absolute atomic E-state index is 0.320. The molecule has 8 heteroatoms. The SMILES string of the molecule is NC1=NC(c2cn(-c3ccccc3)nc2-c2ccncc2)n2c(nc3ccccc32)N1. The fourth-order valence-electron chi connectivity index (χ4n) is 3.95. The monoisotopic (exact) mass is 406 g/mol. The van der Waals surface area contributed by atoms with E-state index in [-0.39, 0.29) is 0 Å². The van der Waals surface area contributed by atoms with E-state index in [1.165, 1.54) is 0 Å². The summed E-state index contributed by atoms with van der Waals surface area (Å²) in [6, 6.07) is 21.9. The van der Waals surface area contributed by atoms with Gasteiger partial charge in [-0.05, 0) is 36.4 Å². The summed E-state index contributed by atoms with van der Waals surface area (Å²) in [5.41, 5.74) is 11.7. The van der Waals surface area contributed by atoms with Crippen LogP contribution in [0.5, 0.6) is 0 Å². The Bertz CT molecular complexity index is 1420. The molecule has 0 saturated heterocycles. The molecule has 5 aromatic rings. The molecule has 0 amide bonds. The molecular formula is C23H18N8. The summed E-state index contributed by atoms with van der Waals surface area (Å²) >= 11 is 0. The van der Waals surface area contributed by atoms with Crippen LogP contribution in [0.1, 0.15) is 11.7 Å². The van der Waals surface area contributed by atoms with Crippen molar-refractivity contribution in [3.05, 3.63) is 90.9 Å². The van der Waals surface area contributed by atoms with Gasteiger partial charge in [0.15, 0.2) is 12.1 Å². The van der Waals surface area contributed by atoms with Crippen molar-refractivity contribution < 1.29 is 0 Å². The molecule has 0 spiro atoms. The Labute approximate surface area is 177 Å². The predicted molar refractivity (Wildman–Crippen MR) is 120 cm³/mol. The third-order valence-corrected chi connectivity index (χ3v) is 5.34. The number of hydrogen-bond acceptors (Lipinski definition) is 6. The lowest BCUT2D eigenvalue weighted by atomic mass is 10.1. The van der Waals surface area contributed by atoms with Gasteiger partial charge in [0, 0.05) is 29.7 Å². The summed E-state index contributed by atoms with van der Waals surface area (Å²) in [6.45, 7) is 0. The maximum atomic E-state index is 6.15. The molecule has 1 atom stereocenters. The second kappa shape index (κ2) is 6.81. The number of nitrogens with zero attached hydrogens (tertiary/aromatic N) is 6. The van der Waals surface area contributed by atoms with Crippen molar-refractivity contribution in [1.29, 1.82) is 0 Å². The van der Waals surface area contributed by atoms with Gasteiger partial charge in [-0.3, -0.25) is 14.9 Å². The van der Waals surface area contributed by atoms with Gasteiger partial charge in [0.25, 0.3) is 0 Å². The molecular weight excluding hydrogens is 388 g/mol. The Kier molecular flexibility index (Phi) is 3.82. The second-order valence-corrected chi connectivity index (χ2v) is 7.26. The average molecular weight is 406 g/mol. The van der Waals surface area contributed by atoms with E-state index < -0.39 is 6.17 Å². The van der Waals surface area contributed by atoms with Crippen molar-refractivity contribution in [1.82, 2.24) is 24.3 Å². The van der Waals surface area contributed by atoms with Gasteiger partial charge < -0.3 is 5.73 Å². The molecule has 150 valence electrons. The van der Waals surface area contributed by atoms with Crippen molar-refractivity contribution in [3.63, 3.8) is 0 Å². The molecule has 8 nitrogen and oxygen atoms in total. The Hall–Kier alpha value is -4.46. The Morgan fingerprint density at radius 1 is 0.903 bits per heavy atom. The van der Waals surface area contributed by atoms with Crippen molar-refractivity contribution in [2.24, 2.45) is 10.7 Å². The Morgan fingerprint density at radius 3 is 2.52 bits per heavy atom. The molecule has 3 N–H and O–H groups in total. The quantitative estimate of drug-likeness (QED) is 0.477. The van der Waals surface area contributed by atoms with Crippen LogP contribution < -0.4 is 11.1 Å². The number of nitrogens with two attached hydrogens (primary N) is 1. The van der Waals surface area contributed by atoms with E-state index >= 15 is 0 Å². The molecule has 0 aliphatic carbocycles. The highest BCUT2D eigenvalue weighted by atomic mass is 15.4. The average Bonchev–Trinajstić information content (AvgIpc) is 3.42. The van der Waals surface area contributed by atoms with Crippen LogP contribution in [0.2, 0.25) is 0 Å². The Morgan fingerprint density at radius 2 is 1.68 bits per heavy atom. The smallest absolute Gasteiger partial charge is 0.212 e. The first-order chi connectivity index (χ1) is 15.3. The van der Waals surface area contributed by atoms with E-state index in [9.17, 15) is 0 Å². The number of hydrogen-bond donors (Lipinski definition) is 2. The van der Waals surface area contributed by atoms with Crippen molar-refractivity contribution in [2.45, 2.75) is 6.17 Å². The van der Waals surface area contributed by atoms with E-state index in [1.807, 2.05) is 77.6 Å². The third kappa shape index (κ3) is 2.84. The zero-order valence-electron chi connectivity index (χ0n) is 16.4. The first-order valence-electron chi connectivity index (χ1n) is 9.90. The second-order valence-electron chi connectivity index (χ2n) is 7.26. The maximum absolute atomic E-state index is 6.15. The van der Waals surface area contributed by atoms with Crippen LogP contribution in [-0.4, -0.2) is 30.3 Å². The summed E-state index contributed by atoms with van der Waals surface area (Å²) in [5.74, 6) is 0.979. The van der Waals surface area contributed by atoms with Crippen LogP contribution in [0, 0.1) is 0 Å². The van der Waals surface area contributed by atoms with Crippen molar-refractivity contribution >= 4 is 22.9 Å². The molecule has 0 radical (unpaired) electrons. The number of anilines is 1. The summed E-state index contributed by atoms with van der Waals surface area (Å²) < 4.78 is 3.93. The summed E-state index contributed by atoms with van der Waals surface area (Å²) in [6.07, 6.45) is 5.12. The number of rotatable bonds is 3. The number of nitrogens with one attached hydrogen (secondary N) is 1. The summed E-state index contributed by atoms with van der Waals surface area (Å²) in [4.78, 5) is 13.6. The molecule has 6 rings (SSSR count). The van der Waals surface area contributed by atoms with Gasteiger partial charge in [-0.25, -0.2) is 14.7 Å². The first-order valence-corrected chi connectivity index (χ1v) is 9.90. The lowest BCUT2D eigenvalue weighted by molar-refractivity contribution is 0.627. The number of guanidine groups is 1. The van der Waals surface area contributed by atoms with Gasteiger partial charge in [0.05, 0.1) is 16.7 Å². The maximum Gasteiger partial charge on any atom is 0.212 e. The van der Waals surface area contributed by atoms with Gasteiger partial charge in [-0.15, -0.1) is 0 Å². The lowest BCUT2D eigenvalue weighted by Gasteiger charge is -2.23. The molecule has 31 heavy (non-hydrogen) atoms. The van der Waals surface area contributed by atoms with Gasteiger partial charge in [-0.1, -0.05) is 30.3 Å². The van der Waals surface area contributed by atoms with E-state index in [0.29, 0.717) is 11.9 Å². The first kappa shape index (κ1) is 17.4. The third-order valence-electron chi connectivity index (χ3n) is 5.34. The highest BCUT2D eigenvalue weighted by Gasteiger charge is 2.29. The fourth-order valence-corrected chi connectivity index (χ4v) is 3.95. The minimum Gasteiger partial charge on any atom is -0.370 e. The minimum atomic E-state index is -0.413. The van der Waals surface area contributed by atoms with E-state index in [1.54, 1.807) is 12.4 Å². The number of benzene rings is 2. The topological polar surface area (TPSA) is 98.9 Å².